The normalized spacial score (nSPS) is 11.2. The molecule has 0 aliphatic carbocycles. The van der Waals surface area contributed by atoms with Gasteiger partial charge in [-0.05, 0) is 21.0 Å². The van der Waals surface area contributed by atoms with Crippen LogP contribution in [0, 0.1) is 30.2 Å². The maximum Gasteiger partial charge on any atom is 0.166 e. The van der Waals surface area contributed by atoms with Gasteiger partial charge in [-0.15, -0.1) is 0 Å². The minimum atomic E-state index is -1.44. The molecule has 0 unspecified atom stereocenters. The molecule has 0 bridgehead atoms. The third-order valence-electron chi connectivity index (χ3n) is 1.92. The van der Waals surface area contributed by atoms with Crippen LogP contribution in [0.4, 0.5) is 17.6 Å². The van der Waals surface area contributed by atoms with E-state index in [4.69, 9.17) is 0 Å². The maximum absolute atomic E-state index is 13.2. The Balaban J connectivity index is 3.39. The minimum Gasteiger partial charge on any atom is -0.305 e. The molecule has 5 heteroatoms. The smallest absolute Gasteiger partial charge is 0.166 e. The van der Waals surface area contributed by atoms with Crippen LogP contribution >= 0.6 is 0 Å². The molecule has 15 heavy (non-hydrogen) atoms. The third kappa shape index (κ3) is 2.12. The van der Waals surface area contributed by atoms with Crippen LogP contribution in [-0.4, -0.2) is 19.0 Å². The number of nitrogens with zero attached hydrogens (tertiary/aromatic N) is 1. The monoisotopic (exact) mass is 220 g/mol. The van der Waals surface area contributed by atoms with E-state index in [1.54, 1.807) is 0 Å². The number of halogens is 4. The summed E-state index contributed by atoms with van der Waals surface area (Å²) in [6.45, 7) is 2.70. The van der Waals surface area contributed by atoms with Crippen molar-refractivity contribution in [2.75, 3.05) is 14.1 Å². The first-order valence-electron chi connectivity index (χ1n) is 4.17. The Morgan fingerprint density at radius 2 is 1.33 bits per heavy atom. The Morgan fingerprint density at radius 3 is 1.67 bits per heavy atom. The van der Waals surface area contributed by atoms with E-state index in [-0.39, 0.29) is 6.54 Å². The van der Waals surface area contributed by atoms with Crippen LogP contribution in [0.2, 0.25) is 0 Å². The van der Waals surface area contributed by atoms with Crippen LogP contribution < -0.4 is 0 Å². The fourth-order valence-electron chi connectivity index (χ4n) is 1.18. The molecule has 1 rings (SSSR count). The lowest BCUT2D eigenvalue weighted by Gasteiger charge is -2.13. The Morgan fingerprint density at radius 1 is 0.933 bits per heavy atom. The molecule has 83 valence electrons. The summed E-state index contributed by atoms with van der Waals surface area (Å²) in [4.78, 5) is 1.41. The molecule has 1 radical (unpaired) electrons. The number of rotatable bonds is 2. The van der Waals surface area contributed by atoms with E-state index in [1.165, 1.54) is 19.0 Å². The SMILES string of the molecule is [CH2]c1c(F)c(F)c(CN(C)C)c(F)c1F. The molecule has 0 fully saturated rings. The van der Waals surface area contributed by atoms with Gasteiger partial charge in [0.1, 0.15) is 0 Å². The third-order valence-corrected chi connectivity index (χ3v) is 1.92. The van der Waals surface area contributed by atoms with E-state index in [1.807, 2.05) is 0 Å². The fraction of sp³-hybridized carbons (Fsp3) is 0.300. The fourth-order valence-corrected chi connectivity index (χ4v) is 1.18. The highest BCUT2D eigenvalue weighted by molar-refractivity contribution is 5.31. The van der Waals surface area contributed by atoms with Gasteiger partial charge in [-0.1, -0.05) is 0 Å². The molecule has 0 N–H and O–H groups in total. The number of hydrogen-bond acceptors (Lipinski definition) is 1. The zero-order valence-electron chi connectivity index (χ0n) is 8.37. The Kier molecular flexibility index (Phi) is 3.34. The van der Waals surface area contributed by atoms with Crippen molar-refractivity contribution in [3.05, 3.63) is 41.3 Å². The standard InChI is InChI=1S/C10H10F4N/c1-5-7(11)9(13)6(4-15(2)3)10(14)8(5)12/h1,4H2,2-3H3. The largest absolute Gasteiger partial charge is 0.305 e. The van der Waals surface area contributed by atoms with Crippen molar-refractivity contribution in [1.29, 1.82) is 0 Å². The lowest BCUT2D eigenvalue weighted by Crippen LogP contribution is -2.16. The first kappa shape index (κ1) is 12.0. The van der Waals surface area contributed by atoms with Crippen LogP contribution in [0.3, 0.4) is 0 Å². The molecule has 0 saturated carbocycles. The summed E-state index contributed by atoms with van der Waals surface area (Å²) in [7, 11) is 3.07. The summed E-state index contributed by atoms with van der Waals surface area (Å²) in [5.74, 6) is -5.64. The molecule has 0 heterocycles. The van der Waals surface area contributed by atoms with Crippen molar-refractivity contribution >= 4 is 0 Å². The van der Waals surface area contributed by atoms with Crippen molar-refractivity contribution in [3.8, 4) is 0 Å². The van der Waals surface area contributed by atoms with Crippen LogP contribution in [0.5, 0.6) is 0 Å². The molecule has 0 saturated heterocycles. The molecular formula is C10H10F4N. The zero-order valence-corrected chi connectivity index (χ0v) is 8.37. The van der Waals surface area contributed by atoms with E-state index in [9.17, 15) is 17.6 Å². The summed E-state index contributed by atoms with van der Waals surface area (Å²) in [5, 5.41) is 0. The van der Waals surface area contributed by atoms with Gasteiger partial charge >= 0.3 is 0 Å². The van der Waals surface area contributed by atoms with E-state index >= 15 is 0 Å². The van der Waals surface area contributed by atoms with Gasteiger partial charge in [0.05, 0.1) is 0 Å². The quantitative estimate of drug-likeness (QED) is 0.546. The highest BCUT2D eigenvalue weighted by Gasteiger charge is 2.22. The molecule has 0 aliphatic rings. The molecule has 0 amide bonds. The maximum atomic E-state index is 13.2. The highest BCUT2D eigenvalue weighted by atomic mass is 19.2. The van der Waals surface area contributed by atoms with Crippen LogP contribution in [0.15, 0.2) is 0 Å². The highest BCUT2D eigenvalue weighted by Crippen LogP contribution is 2.23. The lowest BCUT2D eigenvalue weighted by molar-refractivity contribution is 0.361. The first-order valence-corrected chi connectivity index (χ1v) is 4.17. The minimum absolute atomic E-state index is 0.216. The lowest BCUT2D eigenvalue weighted by atomic mass is 10.1. The number of hydrogen-bond donors (Lipinski definition) is 0. The topological polar surface area (TPSA) is 3.24 Å². The van der Waals surface area contributed by atoms with Crippen LogP contribution in [0.1, 0.15) is 11.1 Å². The second-order valence-electron chi connectivity index (χ2n) is 3.45. The van der Waals surface area contributed by atoms with Crippen molar-refractivity contribution in [2.45, 2.75) is 6.54 Å². The molecular weight excluding hydrogens is 210 g/mol. The Hall–Kier alpha value is -1.10. The summed E-state index contributed by atoms with van der Waals surface area (Å²) >= 11 is 0. The Labute approximate surface area is 85.3 Å². The molecule has 0 atom stereocenters. The van der Waals surface area contributed by atoms with Crippen LogP contribution in [0.25, 0.3) is 0 Å². The molecule has 0 aliphatic heterocycles. The van der Waals surface area contributed by atoms with E-state index in [0.29, 0.717) is 0 Å². The van der Waals surface area contributed by atoms with Gasteiger partial charge in [0.25, 0.3) is 0 Å². The van der Waals surface area contributed by atoms with Gasteiger partial charge in [-0.25, -0.2) is 17.6 Å². The number of benzene rings is 1. The first-order chi connectivity index (χ1) is 6.86. The average Bonchev–Trinajstić information content (AvgIpc) is 2.18. The van der Waals surface area contributed by atoms with Crippen LogP contribution in [-0.2, 0) is 6.54 Å². The predicted molar refractivity (Wildman–Crippen MR) is 48.1 cm³/mol. The van der Waals surface area contributed by atoms with Crippen molar-refractivity contribution in [3.63, 3.8) is 0 Å². The summed E-state index contributed by atoms with van der Waals surface area (Å²) < 4.78 is 52.5. The second kappa shape index (κ2) is 4.18. The Bertz CT molecular complexity index is 358. The van der Waals surface area contributed by atoms with E-state index in [0.717, 1.165) is 0 Å². The second-order valence-corrected chi connectivity index (χ2v) is 3.45. The van der Waals surface area contributed by atoms with Gasteiger partial charge in [-0.2, -0.15) is 0 Å². The van der Waals surface area contributed by atoms with Gasteiger partial charge < -0.3 is 4.90 Å². The molecule has 0 spiro atoms. The predicted octanol–water partition coefficient (Wildman–Crippen LogP) is 2.49. The van der Waals surface area contributed by atoms with Gasteiger partial charge in [0, 0.05) is 17.7 Å². The van der Waals surface area contributed by atoms with E-state index < -0.39 is 34.4 Å². The average molecular weight is 220 g/mol. The summed E-state index contributed by atoms with van der Waals surface area (Å²) in [6, 6.07) is 0. The molecule has 0 aromatic heterocycles. The van der Waals surface area contributed by atoms with Gasteiger partial charge in [0.15, 0.2) is 23.3 Å². The van der Waals surface area contributed by atoms with Gasteiger partial charge in [0.2, 0.25) is 0 Å². The van der Waals surface area contributed by atoms with Crippen molar-refractivity contribution in [2.24, 2.45) is 0 Å². The summed E-state index contributed by atoms with van der Waals surface area (Å²) in [5.41, 5.74) is -1.50. The van der Waals surface area contributed by atoms with E-state index in [2.05, 4.69) is 6.92 Å². The van der Waals surface area contributed by atoms with Crippen molar-refractivity contribution in [1.82, 2.24) is 4.90 Å². The molecule has 1 aromatic rings. The molecule has 1 nitrogen and oxygen atoms in total. The zero-order chi connectivity index (χ0) is 11.7. The molecule has 1 aromatic carbocycles. The van der Waals surface area contributed by atoms with Crippen molar-refractivity contribution < 1.29 is 17.6 Å². The summed E-state index contributed by atoms with van der Waals surface area (Å²) in [6.07, 6.45) is 0. The van der Waals surface area contributed by atoms with Gasteiger partial charge in [-0.3, -0.25) is 0 Å².